The molecule has 3 aliphatic rings. The Morgan fingerprint density at radius 2 is 2.06 bits per heavy atom. The molecule has 0 radical (unpaired) electrons. The van der Waals surface area contributed by atoms with Crippen LogP contribution in [0.2, 0.25) is 0 Å². The molecule has 88 valence electrons. The monoisotopic (exact) mass is 218 g/mol. The molecule has 2 fully saturated rings. The fourth-order valence-corrected chi connectivity index (χ4v) is 5.23. The maximum absolute atomic E-state index is 11.2. The van der Waals surface area contributed by atoms with Gasteiger partial charge >= 0.3 is 0 Å². The molecule has 4 atom stereocenters. The van der Waals surface area contributed by atoms with Gasteiger partial charge in [0.2, 0.25) is 0 Å². The molecule has 2 saturated carbocycles. The lowest BCUT2D eigenvalue weighted by Gasteiger charge is -2.45. The van der Waals surface area contributed by atoms with Crippen molar-refractivity contribution in [2.75, 3.05) is 0 Å². The number of carbonyl (C=O) groups excluding carboxylic acids is 1. The van der Waals surface area contributed by atoms with Gasteiger partial charge in [-0.2, -0.15) is 0 Å². The Kier molecular flexibility index (Phi) is 1.85. The smallest absolute Gasteiger partial charge is 0.146 e. The Morgan fingerprint density at radius 1 is 1.31 bits per heavy atom. The summed E-state index contributed by atoms with van der Waals surface area (Å²) in [5, 5.41) is 0. The van der Waals surface area contributed by atoms with Crippen molar-refractivity contribution in [1.29, 1.82) is 0 Å². The molecule has 0 aliphatic heterocycles. The summed E-state index contributed by atoms with van der Waals surface area (Å²) in [7, 11) is 0. The third-order valence-corrected chi connectivity index (χ3v) is 6.72. The van der Waals surface area contributed by atoms with Gasteiger partial charge in [0.05, 0.1) is 0 Å². The average Bonchev–Trinajstić information content (AvgIpc) is 2.63. The first-order valence-electron chi connectivity index (χ1n) is 6.62. The maximum Gasteiger partial charge on any atom is 0.146 e. The summed E-state index contributed by atoms with van der Waals surface area (Å²) in [5.41, 5.74) is 2.37. The van der Waals surface area contributed by atoms with Crippen LogP contribution >= 0.6 is 0 Å². The van der Waals surface area contributed by atoms with Crippen LogP contribution in [0.25, 0.3) is 0 Å². The molecule has 3 aliphatic carbocycles. The molecule has 0 amide bonds. The van der Waals surface area contributed by atoms with Crippen LogP contribution in [-0.4, -0.2) is 6.29 Å². The summed E-state index contributed by atoms with van der Waals surface area (Å²) < 4.78 is 0. The van der Waals surface area contributed by atoms with E-state index in [1.807, 2.05) is 0 Å². The summed E-state index contributed by atoms with van der Waals surface area (Å²) in [5.74, 6) is 0.538. The lowest BCUT2D eigenvalue weighted by atomic mass is 9.59. The minimum atomic E-state index is 0.380. The van der Waals surface area contributed by atoms with Gasteiger partial charge in [-0.1, -0.05) is 33.3 Å². The number of carbonyl (C=O) groups is 1. The van der Waals surface area contributed by atoms with Gasteiger partial charge in [-0.25, -0.2) is 0 Å². The first-order chi connectivity index (χ1) is 7.47. The van der Waals surface area contributed by atoms with E-state index in [0.29, 0.717) is 22.2 Å². The number of allylic oxidation sites excluding steroid dienone is 2. The highest BCUT2D eigenvalue weighted by atomic mass is 16.1. The van der Waals surface area contributed by atoms with Crippen LogP contribution in [0.5, 0.6) is 0 Å². The van der Waals surface area contributed by atoms with Gasteiger partial charge in [0.1, 0.15) is 6.29 Å². The molecular weight excluding hydrogens is 196 g/mol. The molecule has 0 aromatic rings. The lowest BCUT2D eigenvalue weighted by Crippen LogP contribution is -2.38. The molecule has 0 N–H and O–H groups in total. The summed E-state index contributed by atoms with van der Waals surface area (Å²) in [6, 6.07) is 0. The second-order valence-corrected chi connectivity index (χ2v) is 6.95. The van der Waals surface area contributed by atoms with Gasteiger partial charge in [-0.3, -0.25) is 4.79 Å². The minimum absolute atomic E-state index is 0.380. The van der Waals surface area contributed by atoms with Crippen LogP contribution in [0, 0.1) is 22.2 Å². The zero-order chi connectivity index (χ0) is 11.6. The standard InChI is InChI=1S/C15H22O/c1-13-8-5-11(10-16)12(9-13)14(2)6-4-7-15(13,14)3/h5,10,12H,4,6-9H2,1-3H3/t12-,13-,14+,15-/m0/s1. The predicted octanol–water partition coefficient (Wildman–Crippen LogP) is 3.74. The number of rotatable bonds is 1. The SMILES string of the molecule is C[C@]12CC=C(C=O)[C@H](C1)[C@@]1(C)CCC[C@@]21C. The van der Waals surface area contributed by atoms with E-state index in [0.717, 1.165) is 18.3 Å². The van der Waals surface area contributed by atoms with E-state index in [1.165, 1.54) is 25.7 Å². The molecule has 0 unspecified atom stereocenters. The Hall–Kier alpha value is -0.590. The summed E-state index contributed by atoms with van der Waals surface area (Å²) in [4.78, 5) is 11.2. The van der Waals surface area contributed by atoms with Crippen LogP contribution in [0.15, 0.2) is 11.6 Å². The van der Waals surface area contributed by atoms with Crippen molar-refractivity contribution >= 4 is 6.29 Å². The quantitative estimate of drug-likeness (QED) is 0.613. The van der Waals surface area contributed by atoms with Crippen molar-refractivity contribution in [3.63, 3.8) is 0 Å². The molecule has 1 heteroatoms. The Bertz CT molecular complexity index is 383. The first kappa shape index (κ1) is 10.6. The fraction of sp³-hybridized carbons (Fsp3) is 0.800. The van der Waals surface area contributed by atoms with E-state index in [1.54, 1.807) is 0 Å². The molecule has 0 aromatic heterocycles. The molecule has 0 aromatic carbocycles. The second kappa shape index (κ2) is 2.80. The third-order valence-electron chi connectivity index (χ3n) is 6.72. The van der Waals surface area contributed by atoms with Gasteiger partial charge in [-0.15, -0.1) is 0 Å². The van der Waals surface area contributed by atoms with E-state index in [9.17, 15) is 4.79 Å². The van der Waals surface area contributed by atoms with Gasteiger partial charge in [0.25, 0.3) is 0 Å². The highest BCUT2D eigenvalue weighted by Gasteiger charge is 2.67. The lowest BCUT2D eigenvalue weighted by molar-refractivity contribution is -0.105. The zero-order valence-electron chi connectivity index (χ0n) is 10.7. The van der Waals surface area contributed by atoms with E-state index in [4.69, 9.17) is 0 Å². The maximum atomic E-state index is 11.2. The van der Waals surface area contributed by atoms with Crippen LogP contribution in [-0.2, 0) is 4.79 Å². The van der Waals surface area contributed by atoms with Gasteiger partial charge in [-0.05, 0) is 53.4 Å². The number of fused-ring (bicyclic) bond motifs is 5. The van der Waals surface area contributed by atoms with Crippen LogP contribution in [0.1, 0.15) is 52.9 Å². The van der Waals surface area contributed by atoms with E-state index >= 15 is 0 Å². The van der Waals surface area contributed by atoms with Gasteiger partial charge in [0, 0.05) is 0 Å². The average molecular weight is 218 g/mol. The van der Waals surface area contributed by atoms with Crippen LogP contribution in [0.3, 0.4) is 0 Å². The van der Waals surface area contributed by atoms with Crippen molar-refractivity contribution in [3.8, 4) is 0 Å². The van der Waals surface area contributed by atoms with Gasteiger partial charge < -0.3 is 0 Å². The van der Waals surface area contributed by atoms with Gasteiger partial charge in [0.15, 0.2) is 0 Å². The highest BCUT2D eigenvalue weighted by Crippen LogP contribution is 2.75. The molecule has 3 rings (SSSR count). The first-order valence-corrected chi connectivity index (χ1v) is 6.62. The topological polar surface area (TPSA) is 17.1 Å². The molecule has 0 saturated heterocycles. The highest BCUT2D eigenvalue weighted by molar-refractivity contribution is 5.75. The zero-order valence-corrected chi connectivity index (χ0v) is 10.7. The van der Waals surface area contributed by atoms with Crippen molar-refractivity contribution in [1.82, 2.24) is 0 Å². The molecule has 0 spiro atoms. The summed E-state index contributed by atoms with van der Waals surface area (Å²) >= 11 is 0. The summed E-state index contributed by atoms with van der Waals surface area (Å²) in [6.07, 6.45) is 9.74. The Balaban J connectivity index is 2.16. The van der Waals surface area contributed by atoms with E-state index < -0.39 is 0 Å². The fourth-order valence-electron chi connectivity index (χ4n) is 5.23. The minimum Gasteiger partial charge on any atom is -0.298 e. The molecule has 16 heavy (non-hydrogen) atoms. The number of hydrogen-bond donors (Lipinski definition) is 0. The van der Waals surface area contributed by atoms with Crippen molar-refractivity contribution in [2.45, 2.75) is 52.9 Å². The molecule has 0 heterocycles. The van der Waals surface area contributed by atoms with Crippen LogP contribution < -0.4 is 0 Å². The third kappa shape index (κ3) is 0.881. The normalized spacial score (nSPS) is 54.7. The largest absolute Gasteiger partial charge is 0.298 e. The number of hydrogen-bond acceptors (Lipinski definition) is 1. The second-order valence-electron chi connectivity index (χ2n) is 6.95. The Labute approximate surface area is 98.3 Å². The number of aldehydes is 1. The van der Waals surface area contributed by atoms with E-state index in [-0.39, 0.29) is 0 Å². The van der Waals surface area contributed by atoms with Crippen molar-refractivity contribution < 1.29 is 4.79 Å². The molecule has 1 nitrogen and oxygen atoms in total. The predicted molar refractivity (Wildman–Crippen MR) is 65.0 cm³/mol. The van der Waals surface area contributed by atoms with Crippen molar-refractivity contribution in [3.05, 3.63) is 11.6 Å². The van der Waals surface area contributed by atoms with Crippen molar-refractivity contribution in [2.24, 2.45) is 22.2 Å². The Morgan fingerprint density at radius 3 is 2.75 bits per heavy atom. The van der Waals surface area contributed by atoms with Crippen LogP contribution in [0.4, 0.5) is 0 Å². The molecular formula is C15H22O. The van der Waals surface area contributed by atoms with E-state index in [2.05, 4.69) is 26.8 Å². The molecule has 2 bridgehead atoms. The summed E-state index contributed by atoms with van der Waals surface area (Å²) in [6.45, 7) is 7.38.